The standard InChI is InChI=1S/C11H13NO3/c1-8-3-4-10(14-8)11(2)13-7-9(15-11)5-6-12/h3-4,9H,5,7H2,1-2H3. The molecular weight excluding hydrogens is 194 g/mol. The summed E-state index contributed by atoms with van der Waals surface area (Å²) in [7, 11) is 0. The Hall–Kier alpha value is -1.31. The Morgan fingerprint density at radius 3 is 3.00 bits per heavy atom. The molecule has 2 heterocycles. The van der Waals surface area contributed by atoms with Crippen molar-refractivity contribution in [3.8, 4) is 6.07 Å². The maximum atomic E-state index is 8.56. The van der Waals surface area contributed by atoms with Gasteiger partial charge >= 0.3 is 0 Å². The number of hydrogen-bond donors (Lipinski definition) is 0. The molecule has 1 saturated heterocycles. The molecule has 0 N–H and O–H groups in total. The van der Waals surface area contributed by atoms with Crippen LogP contribution < -0.4 is 0 Å². The van der Waals surface area contributed by atoms with Crippen LogP contribution >= 0.6 is 0 Å². The van der Waals surface area contributed by atoms with E-state index in [2.05, 4.69) is 6.07 Å². The first-order valence-electron chi connectivity index (χ1n) is 4.90. The number of rotatable bonds is 2. The molecule has 2 unspecified atom stereocenters. The molecule has 1 aliphatic rings. The second-order valence-corrected chi connectivity index (χ2v) is 3.77. The highest BCUT2D eigenvalue weighted by Gasteiger charge is 2.41. The topological polar surface area (TPSA) is 55.4 Å². The van der Waals surface area contributed by atoms with Crippen LogP contribution in [0.1, 0.15) is 24.9 Å². The van der Waals surface area contributed by atoms with E-state index in [1.165, 1.54) is 0 Å². The van der Waals surface area contributed by atoms with Gasteiger partial charge in [-0.3, -0.25) is 0 Å². The summed E-state index contributed by atoms with van der Waals surface area (Å²) in [5.41, 5.74) is 0. The highest BCUT2D eigenvalue weighted by molar-refractivity contribution is 5.11. The zero-order valence-electron chi connectivity index (χ0n) is 8.82. The Labute approximate surface area is 88.4 Å². The minimum Gasteiger partial charge on any atom is -0.461 e. The van der Waals surface area contributed by atoms with Gasteiger partial charge in [0.25, 0.3) is 0 Å². The fourth-order valence-electron chi connectivity index (χ4n) is 1.65. The van der Waals surface area contributed by atoms with E-state index >= 15 is 0 Å². The van der Waals surface area contributed by atoms with Crippen LogP contribution in [-0.4, -0.2) is 12.7 Å². The van der Waals surface area contributed by atoms with E-state index in [0.717, 1.165) is 5.76 Å². The summed E-state index contributed by atoms with van der Waals surface area (Å²) in [6.45, 7) is 4.11. The number of nitrogens with zero attached hydrogens (tertiary/aromatic N) is 1. The molecule has 1 aromatic heterocycles. The number of nitriles is 1. The third-order valence-corrected chi connectivity index (χ3v) is 2.44. The van der Waals surface area contributed by atoms with E-state index in [9.17, 15) is 0 Å². The SMILES string of the molecule is Cc1ccc(C2(C)OCC(CC#N)O2)o1. The van der Waals surface area contributed by atoms with Gasteiger partial charge in [0, 0.05) is 0 Å². The molecule has 2 rings (SSSR count). The molecule has 2 atom stereocenters. The Morgan fingerprint density at radius 2 is 2.40 bits per heavy atom. The molecule has 0 bridgehead atoms. The Balaban J connectivity index is 2.13. The highest BCUT2D eigenvalue weighted by Crippen LogP contribution is 2.35. The number of aryl methyl sites for hydroxylation is 1. The van der Waals surface area contributed by atoms with Crippen LogP contribution in [0.2, 0.25) is 0 Å². The van der Waals surface area contributed by atoms with Crippen LogP contribution in [0.4, 0.5) is 0 Å². The van der Waals surface area contributed by atoms with E-state index < -0.39 is 5.79 Å². The second-order valence-electron chi connectivity index (χ2n) is 3.77. The number of hydrogen-bond acceptors (Lipinski definition) is 4. The maximum absolute atomic E-state index is 8.56. The van der Waals surface area contributed by atoms with Crippen LogP contribution in [0.25, 0.3) is 0 Å². The smallest absolute Gasteiger partial charge is 0.225 e. The zero-order chi connectivity index (χ0) is 10.9. The van der Waals surface area contributed by atoms with Crippen LogP contribution in [0, 0.1) is 18.3 Å². The van der Waals surface area contributed by atoms with E-state index in [1.54, 1.807) is 0 Å². The molecule has 0 saturated carbocycles. The number of ether oxygens (including phenoxy) is 2. The molecule has 4 heteroatoms. The second kappa shape index (κ2) is 3.69. The summed E-state index contributed by atoms with van der Waals surface area (Å²) in [5, 5.41) is 8.56. The van der Waals surface area contributed by atoms with Gasteiger partial charge in [-0.1, -0.05) is 0 Å². The largest absolute Gasteiger partial charge is 0.461 e. The molecule has 0 radical (unpaired) electrons. The third-order valence-electron chi connectivity index (χ3n) is 2.44. The highest BCUT2D eigenvalue weighted by atomic mass is 16.8. The molecule has 80 valence electrons. The summed E-state index contributed by atoms with van der Waals surface area (Å²) in [6, 6.07) is 5.77. The van der Waals surface area contributed by atoms with Crippen LogP contribution in [0.5, 0.6) is 0 Å². The van der Waals surface area contributed by atoms with Crippen molar-refractivity contribution in [3.05, 3.63) is 23.7 Å². The van der Waals surface area contributed by atoms with Crippen molar-refractivity contribution in [2.45, 2.75) is 32.2 Å². The van der Waals surface area contributed by atoms with Gasteiger partial charge in [-0.15, -0.1) is 0 Å². The van der Waals surface area contributed by atoms with E-state index in [1.807, 2.05) is 26.0 Å². The quantitative estimate of drug-likeness (QED) is 0.745. The van der Waals surface area contributed by atoms with Gasteiger partial charge in [-0.2, -0.15) is 5.26 Å². The summed E-state index contributed by atoms with van der Waals surface area (Å²) in [6.07, 6.45) is 0.181. The summed E-state index contributed by atoms with van der Waals surface area (Å²) >= 11 is 0. The fourth-order valence-corrected chi connectivity index (χ4v) is 1.65. The minimum atomic E-state index is -0.838. The zero-order valence-corrected chi connectivity index (χ0v) is 8.82. The van der Waals surface area contributed by atoms with Crippen LogP contribution in [-0.2, 0) is 15.3 Å². The molecule has 1 aliphatic heterocycles. The lowest BCUT2D eigenvalue weighted by molar-refractivity contribution is -0.173. The van der Waals surface area contributed by atoms with Crippen molar-refractivity contribution in [3.63, 3.8) is 0 Å². The first-order valence-corrected chi connectivity index (χ1v) is 4.90. The predicted octanol–water partition coefficient (Wildman–Crippen LogP) is 2.09. The normalized spacial score (nSPS) is 30.3. The van der Waals surface area contributed by atoms with Crippen molar-refractivity contribution >= 4 is 0 Å². The van der Waals surface area contributed by atoms with E-state index in [4.69, 9.17) is 19.2 Å². The van der Waals surface area contributed by atoms with Gasteiger partial charge in [0.2, 0.25) is 5.79 Å². The average molecular weight is 207 g/mol. The number of furan rings is 1. The molecule has 15 heavy (non-hydrogen) atoms. The predicted molar refractivity (Wildman–Crippen MR) is 51.9 cm³/mol. The minimum absolute atomic E-state index is 0.162. The lowest BCUT2D eigenvalue weighted by Crippen LogP contribution is -2.23. The molecule has 0 spiro atoms. The summed E-state index contributed by atoms with van der Waals surface area (Å²) in [4.78, 5) is 0. The molecule has 0 amide bonds. The van der Waals surface area contributed by atoms with E-state index in [-0.39, 0.29) is 6.10 Å². The molecule has 0 aliphatic carbocycles. The lowest BCUT2D eigenvalue weighted by Gasteiger charge is -2.20. The van der Waals surface area contributed by atoms with Crippen molar-refractivity contribution < 1.29 is 13.9 Å². The molecule has 4 nitrogen and oxygen atoms in total. The van der Waals surface area contributed by atoms with Gasteiger partial charge in [-0.25, -0.2) is 0 Å². The Kier molecular flexibility index (Phi) is 2.51. The summed E-state index contributed by atoms with van der Waals surface area (Å²) in [5.74, 6) is 0.637. The van der Waals surface area contributed by atoms with Gasteiger partial charge < -0.3 is 13.9 Å². The molecule has 0 aromatic carbocycles. The average Bonchev–Trinajstić information content (AvgIpc) is 2.75. The van der Waals surface area contributed by atoms with Crippen LogP contribution in [0.15, 0.2) is 16.5 Å². The monoisotopic (exact) mass is 207 g/mol. The first kappa shape index (κ1) is 10.2. The lowest BCUT2D eigenvalue weighted by atomic mass is 10.2. The van der Waals surface area contributed by atoms with Gasteiger partial charge in [-0.05, 0) is 26.0 Å². The molecule has 1 fully saturated rings. The third kappa shape index (κ3) is 1.89. The van der Waals surface area contributed by atoms with Crippen LogP contribution in [0.3, 0.4) is 0 Å². The Morgan fingerprint density at radius 1 is 1.60 bits per heavy atom. The maximum Gasteiger partial charge on any atom is 0.225 e. The van der Waals surface area contributed by atoms with E-state index in [0.29, 0.717) is 18.8 Å². The van der Waals surface area contributed by atoms with Crippen molar-refractivity contribution in [2.24, 2.45) is 0 Å². The van der Waals surface area contributed by atoms with Crippen molar-refractivity contribution in [1.82, 2.24) is 0 Å². The molecule has 1 aromatic rings. The van der Waals surface area contributed by atoms with Gasteiger partial charge in [0.1, 0.15) is 5.76 Å². The first-order chi connectivity index (χ1) is 7.14. The van der Waals surface area contributed by atoms with Crippen molar-refractivity contribution in [1.29, 1.82) is 5.26 Å². The van der Waals surface area contributed by atoms with Gasteiger partial charge in [0.05, 0.1) is 25.2 Å². The Bertz CT molecular complexity index is 393. The van der Waals surface area contributed by atoms with Crippen molar-refractivity contribution in [2.75, 3.05) is 6.61 Å². The van der Waals surface area contributed by atoms with Gasteiger partial charge in [0.15, 0.2) is 5.76 Å². The molecular formula is C11H13NO3. The summed E-state index contributed by atoms with van der Waals surface area (Å²) < 4.78 is 16.7. The fraction of sp³-hybridized carbons (Fsp3) is 0.545.